The number of aryl methyl sites for hydroxylation is 2. The lowest BCUT2D eigenvalue weighted by molar-refractivity contribution is 0.0679. The number of nitrogens with zero attached hydrogens (tertiary/aromatic N) is 2. The lowest BCUT2D eigenvalue weighted by atomic mass is 9.94. The van der Waals surface area contributed by atoms with E-state index in [1.807, 2.05) is 19.1 Å². The molecular weight excluding hydrogens is 340 g/mol. The van der Waals surface area contributed by atoms with Crippen LogP contribution in [0.5, 0.6) is 0 Å². The Hall–Kier alpha value is -2.66. The molecule has 1 aliphatic rings. The van der Waals surface area contributed by atoms with Crippen LogP contribution in [0.2, 0.25) is 0 Å². The van der Waals surface area contributed by atoms with E-state index >= 15 is 0 Å². The smallest absolute Gasteiger partial charge is 0.254 e. The molecule has 1 atom stereocenters. The van der Waals surface area contributed by atoms with E-state index in [0.717, 1.165) is 16.8 Å². The van der Waals surface area contributed by atoms with Crippen molar-refractivity contribution >= 4 is 11.6 Å². The predicted molar refractivity (Wildman–Crippen MR) is 107 cm³/mol. The number of hydrogen-bond donors (Lipinski definition) is 1. The summed E-state index contributed by atoms with van der Waals surface area (Å²) in [4.78, 5) is 19.6. The van der Waals surface area contributed by atoms with Crippen LogP contribution < -0.4 is 0 Å². The van der Waals surface area contributed by atoms with Gasteiger partial charge in [-0.1, -0.05) is 35.5 Å². The molecule has 142 valence electrons. The van der Waals surface area contributed by atoms with Crippen LogP contribution in [-0.4, -0.2) is 47.9 Å². The van der Waals surface area contributed by atoms with E-state index in [0.29, 0.717) is 18.5 Å². The van der Waals surface area contributed by atoms with Crippen LogP contribution in [0.4, 0.5) is 0 Å². The molecule has 0 spiro atoms. The molecular formula is C22H26N2O3. The van der Waals surface area contributed by atoms with Gasteiger partial charge in [-0.2, -0.15) is 0 Å². The molecule has 0 saturated carbocycles. The molecule has 3 rings (SSSR count). The summed E-state index contributed by atoms with van der Waals surface area (Å²) in [6.07, 6.45) is 0.537. The molecule has 2 aromatic rings. The predicted octanol–water partition coefficient (Wildman–Crippen LogP) is 3.49. The fraction of sp³-hybridized carbons (Fsp3) is 0.364. The highest BCUT2D eigenvalue weighted by Crippen LogP contribution is 2.28. The van der Waals surface area contributed by atoms with Gasteiger partial charge in [0, 0.05) is 12.0 Å². The molecule has 0 aromatic heterocycles. The summed E-state index contributed by atoms with van der Waals surface area (Å²) in [7, 11) is 1.49. The number of aliphatic hydroxyl groups is 1. The van der Waals surface area contributed by atoms with Crippen molar-refractivity contribution in [2.24, 2.45) is 5.16 Å². The van der Waals surface area contributed by atoms with Crippen LogP contribution in [0.25, 0.3) is 11.1 Å². The van der Waals surface area contributed by atoms with Gasteiger partial charge in [0.15, 0.2) is 0 Å². The van der Waals surface area contributed by atoms with E-state index in [9.17, 15) is 9.90 Å². The summed E-state index contributed by atoms with van der Waals surface area (Å²) in [6, 6.07) is 11.9. The summed E-state index contributed by atoms with van der Waals surface area (Å²) in [5.41, 5.74) is 7.13. The first-order chi connectivity index (χ1) is 13.0. The Balaban J connectivity index is 1.91. The third-order valence-corrected chi connectivity index (χ3v) is 5.33. The Bertz CT molecular complexity index is 889. The average molecular weight is 366 g/mol. The molecule has 1 amide bonds. The standard InChI is InChI=1S/C22H26N2O3/c1-14-6-5-7-21(16(14)3)17-8-9-20(15(2)10-17)22(26)24-12-18(23-27-4)11-19(24)13-25/h5-10,19,25H,11-13H2,1-4H3/b23-18+/t19-/m0/s1. The number of carbonyl (C=O) groups excluding carboxylic acids is 1. The van der Waals surface area contributed by atoms with E-state index in [1.54, 1.807) is 4.90 Å². The molecule has 1 aliphatic heterocycles. The molecule has 5 nitrogen and oxygen atoms in total. The SMILES string of the molecule is CO/N=C1\C[C@@H](CO)N(C(=O)c2ccc(-c3cccc(C)c3C)cc2C)C1. The highest BCUT2D eigenvalue weighted by atomic mass is 16.6. The fourth-order valence-electron chi connectivity index (χ4n) is 3.66. The summed E-state index contributed by atoms with van der Waals surface area (Å²) in [5.74, 6) is -0.0830. The zero-order valence-corrected chi connectivity index (χ0v) is 16.3. The third kappa shape index (κ3) is 3.74. The van der Waals surface area contributed by atoms with Crippen LogP contribution in [0.1, 0.15) is 33.5 Å². The number of likely N-dealkylation sites (tertiary alicyclic amines) is 1. The Labute approximate surface area is 160 Å². The molecule has 0 radical (unpaired) electrons. The summed E-state index contributed by atoms with van der Waals surface area (Å²) >= 11 is 0. The van der Waals surface area contributed by atoms with Gasteiger partial charge in [0.25, 0.3) is 5.91 Å². The second-order valence-corrected chi connectivity index (χ2v) is 7.09. The first-order valence-corrected chi connectivity index (χ1v) is 9.14. The molecule has 2 aromatic carbocycles. The van der Waals surface area contributed by atoms with Gasteiger partial charge in [-0.25, -0.2) is 0 Å². The molecule has 5 heteroatoms. The van der Waals surface area contributed by atoms with Gasteiger partial charge in [-0.3, -0.25) is 4.79 Å². The molecule has 1 fully saturated rings. The average Bonchev–Trinajstić information content (AvgIpc) is 3.07. The van der Waals surface area contributed by atoms with Gasteiger partial charge >= 0.3 is 0 Å². The van der Waals surface area contributed by atoms with Crippen LogP contribution in [0.15, 0.2) is 41.6 Å². The number of amides is 1. The maximum atomic E-state index is 13.1. The van der Waals surface area contributed by atoms with Crippen LogP contribution in [-0.2, 0) is 4.84 Å². The Morgan fingerprint density at radius 3 is 2.67 bits per heavy atom. The van der Waals surface area contributed by atoms with E-state index in [1.165, 1.54) is 23.8 Å². The number of aliphatic hydroxyl groups excluding tert-OH is 1. The Kier molecular flexibility index (Phi) is 5.61. The monoisotopic (exact) mass is 366 g/mol. The first kappa shape index (κ1) is 19.1. The minimum Gasteiger partial charge on any atom is -0.399 e. The topological polar surface area (TPSA) is 62.1 Å². The number of benzene rings is 2. The number of hydrogen-bond acceptors (Lipinski definition) is 4. The Morgan fingerprint density at radius 1 is 1.22 bits per heavy atom. The van der Waals surface area contributed by atoms with Gasteiger partial charge < -0.3 is 14.8 Å². The molecule has 0 bridgehead atoms. The second kappa shape index (κ2) is 7.92. The number of carbonyl (C=O) groups is 1. The van der Waals surface area contributed by atoms with E-state index in [2.05, 4.69) is 43.3 Å². The van der Waals surface area contributed by atoms with E-state index < -0.39 is 0 Å². The molecule has 1 saturated heterocycles. The summed E-state index contributed by atoms with van der Waals surface area (Å²) in [6.45, 7) is 6.47. The lowest BCUT2D eigenvalue weighted by Gasteiger charge is -2.23. The minimum atomic E-state index is -0.260. The number of rotatable bonds is 4. The van der Waals surface area contributed by atoms with Crippen molar-refractivity contribution < 1.29 is 14.7 Å². The third-order valence-electron chi connectivity index (χ3n) is 5.33. The maximum Gasteiger partial charge on any atom is 0.254 e. The van der Waals surface area contributed by atoms with Crippen molar-refractivity contribution in [2.45, 2.75) is 33.2 Å². The molecule has 1 N–H and O–H groups in total. The van der Waals surface area contributed by atoms with Gasteiger partial charge in [0.1, 0.15) is 7.11 Å². The fourth-order valence-corrected chi connectivity index (χ4v) is 3.66. The van der Waals surface area contributed by atoms with Crippen molar-refractivity contribution in [3.8, 4) is 11.1 Å². The van der Waals surface area contributed by atoms with Gasteiger partial charge in [0.05, 0.1) is 24.9 Å². The zero-order chi connectivity index (χ0) is 19.6. The van der Waals surface area contributed by atoms with E-state index in [4.69, 9.17) is 4.84 Å². The van der Waals surface area contributed by atoms with Crippen molar-refractivity contribution in [3.05, 3.63) is 58.7 Å². The largest absolute Gasteiger partial charge is 0.399 e. The van der Waals surface area contributed by atoms with Crippen molar-refractivity contribution in [2.75, 3.05) is 20.3 Å². The van der Waals surface area contributed by atoms with Crippen molar-refractivity contribution in [1.29, 1.82) is 0 Å². The van der Waals surface area contributed by atoms with Crippen LogP contribution in [0, 0.1) is 20.8 Å². The van der Waals surface area contributed by atoms with Crippen LogP contribution >= 0.6 is 0 Å². The van der Waals surface area contributed by atoms with Gasteiger partial charge in [-0.15, -0.1) is 0 Å². The quantitative estimate of drug-likeness (QED) is 0.843. The zero-order valence-electron chi connectivity index (χ0n) is 16.3. The normalized spacial score (nSPS) is 18.2. The lowest BCUT2D eigenvalue weighted by Crippen LogP contribution is -2.38. The molecule has 0 unspecified atom stereocenters. The minimum absolute atomic E-state index is 0.0830. The van der Waals surface area contributed by atoms with Gasteiger partial charge in [0.2, 0.25) is 0 Å². The number of oxime groups is 1. The van der Waals surface area contributed by atoms with E-state index in [-0.39, 0.29) is 18.6 Å². The second-order valence-electron chi connectivity index (χ2n) is 7.09. The van der Waals surface area contributed by atoms with Gasteiger partial charge in [-0.05, 0) is 54.7 Å². The maximum absolute atomic E-state index is 13.1. The van der Waals surface area contributed by atoms with Crippen molar-refractivity contribution in [3.63, 3.8) is 0 Å². The van der Waals surface area contributed by atoms with Crippen molar-refractivity contribution in [1.82, 2.24) is 4.90 Å². The molecule has 1 heterocycles. The van der Waals surface area contributed by atoms with Crippen LogP contribution in [0.3, 0.4) is 0 Å². The summed E-state index contributed by atoms with van der Waals surface area (Å²) < 4.78 is 0. The first-order valence-electron chi connectivity index (χ1n) is 9.14. The summed E-state index contributed by atoms with van der Waals surface area (Å²) in [5, 5.41) is 13.6. The molecule has 27 heavy (non-hydrogen) atoms. The highest BCUT2D eigenvalue weighted by molar-refractivity contribution is 6.01. The Morgan fingerprint density at radius 2 is 2.00 bits per heavy atom. The highest BCUT2D eigenvalue weighted by Gasteiger charge is 2.33. The molecule has 0 aliphatic carbocycles.